The maximum atomic E-state index is 13.6. The van der Waals surface area contributed by atoms with E-state index in [4.69, 9.17) is 25.6 Å². The average molecular weight is 496 g/mol. The van der Waals surface area contributed by atoms with Crippen LogP contribution in [0.5, 0.6) is 17.2 Å². The van der Waals surface area contributed by atoms with Crippen LogP contribution in [0.15, 0.2) is 64.5 Å². The molecule has 4 aromatic rings. The van der Waals surface area contributed by atoms with Gasteiger partial charge in [0.25, 0.3) is 5.56 Å². The maximum Gasteiger partial charge on any atom is 0.282 e. The zero-order valence-corrected chi connectivity index (χ0v) is 21.6. The molecule has 0 radical (unpaired) electrons. The molecule has 188 valence electrons. The van der Waals surface area contributed by atoms with Gasteiger partial charge in [-0.2, -0.15) is 9.78 Å². The second kappa shape index (κ2) is 11.0. The van der Waals surface area contributed by atoms with Gasteiger partial charge in [-0.25, -0.2) is 4.98 Å². The number of para-hydroxylation sites is 1. The van der Waals surface area contributed by atoms with Crippen LogP contribution in [0.3, 0.4) is 0 Å². The Morgan fingerprint density at radius 1 is 1.05 bits per heavy atom. The van der Waals surface area contributed by atoms with Crippen molar-refractivity contribution in [2.24, 2.45) is 5.10 Å². The van der Waals surface area contributed by atoms with Gasteiger partial charge in [0.1, 0.15) is 12.4 Å². The summed E-state index contributed by atoms with van der Waals surface area (Å²) >= 11 is 0. The highest BCUT2D eigenvalue weighted by Gasteiger charge is 2.18. The van der Waals surface area contributed by atoms with E-state index in [0.29, 0.717) is 33.8 Å². The second-order valence-corrected chi connectivity index (χ2v) is 8.78. The number of benzene rings is 3. The third-order valence-corrected chi connectivity index (χ3v) is 6.01. The molecule has 0 aliphatic heterocycles. The number of terminal acetylenes is 1. The zero-order valence-electron chi connectivity index (χ0n) is 21.6. The molecule has 0 unspecified atom stereocenters. The standard InChI is InChI=1S/C30H29N3O4/c1-7-14-37-26-13-12-21(16-28(26)36-6)18-31-33-29(32-25-11-9-8-10-22(25)30(33)34)24-17-23(19(2)3)27(35-5)15-20(24)4/h1,8-13,15-19H,14H2,2-6H3. The third kappa shape index (κ3) is 5.19. The first-order chi connectivity index (χ1) is 17.9. The Labute approximate surface area is 216 Å². The van der Waals surface area contributed by atoms with Gasteiger partial charge in [-0.05, 0) is 72.0 Å². The van der Waals surface area contributed by atoms with Crippen LogP contribution in [0.4, 0.5) is 0 Å². The van der Waals surface area contributed by atoms with Gasteiger partial charge >= 0.3 is 0 Å². The van der Waals surface area contributed by atoms with Crippen molar-refractivity contribution >= 4 is 17.1 Å². The summed E-state index contributed by atoms with van der Waals surface area (Å²) in [6.07, 6.45) is 6.89. The Bertz CT molecular complexity index is 1580. The van der Waals surface area contributed by atoms with E-state index >= 15 is 0 Å². The van der Waals surface area contributed by atoms with E-state index < -0.39 is 0 Å². The van der Waals surface area contributed by atoms with Crippen molar-refractivity contribution in [1.29, 1.82) is 0 Å². The summed E-state index contributed by atoms with van der Waals surface area (Å²) in [7, 11) is 3.21. The number of hydrogen-bond donors (Lipinski definition) is 0. The number of fused-ring (bicyclic) bond motifs is 1. The first-order valence-electron chi connectivity index (χ1n) is 11.9. The summed E-state index contributed by atoms with van der Waals surface area (Å²) in [5.41, 5.74) is 3.80. The lowest BCUT2D eigenvalue weighted by Crippen LogP contribution is -2.20. The fourth-order valence-corrected chi connectivity index (χ4v) is 4.10. The molecule has 1 heterocycles. The SMILES string of the molecule is C#CCOc1ccc(C=Nn2c(-c3cc(C(C)C)c(OC)cc3C)nc3ccccc3c2=O)cc1OC. The Hall–Kier alpha value is -4.57. The monoisotopic (exact) mass is 495 g/mol. The largest absolute Gasteiger partial charge is 0.496 e. The van der Waals surface area contributed by atoms with E-state index in [1.807, 2.05) is 43.3 Å². The van der Waals surface area contributed by atoms with Crippen molar-refractivity contribution in [2.75, 3.05) is 20.8 Å². The molecule has 0 bridgehead atoms. The van der Waals surface area contributed by atoms with E-state index in [2.05, 4.69) is 24.9 Å². The average Bonchev–Trinajstić information content (AvgIpc) is 2.91. The van der Waals surface area contributed by atoms with Gasteiger partial charge in [0.05, 0.1) is 31.3 Å². The summed E-state index contributed by atoms with van der Waals surface area (Å²) in [6.45, 7) is 6.29. The van der Waals surface area contributed by atoms with Crippen LogP contribution in [0.25, 0.3) is 22.3 Å². The van der Waals surface area contributed by atoms with Gasteiger partial charge < -0.3 is 14.2 Å². The Morgan fingerprint density at radius 2 is 1.81 bits per heavy atom. The zero-order chi connectivity index (χ0) is 26.5. The molecule has 4 rings (SSSR count). The predicted octanol–water partition coefficient (Wildman–Crippen LogP) is 5.41. The van der Waals surface area contributed by atoms with Crippen molar-refractivity contribution in [3.63, 3.8) is 0 Å². The number of rotatable bonds is 8. The van der Waals surface area contributed by atoms with Crippen LogP contribution < -0.4 is 19.8 Å². The number of nitrogens with zero attached hydrogens (tertiary/aromatic N) is 3. The van der Waals surface area contributed by atoms with Gasteiger partial charge in [0, 0.05) is 5.56 Å². The van der Waals surface area contributed by atoms with Crippen LogP contribution >= 0.6 is 0 Å². The minimum absolute atomic E-state index is 0.130. The molecule has 0 spiro atoms. The van der Waals surface area contributed by atoms with Crippen LogP contribution in [0.1, 0.15) is 36.5 Å². The molecule has 0 fully saturated rings. The number of methoxy groups -OCH3 is 2. The number of aryl methyl sites for hydroxylation is 1. The Morgan fingerprint density at radius 3 is 2.51 bits per heavy atom. The normalized spacial score (nSPS) is 11.2. The molecule has 0 aliphatic carbocycles. The third-order valence-electron chi connectivity index (χ3n) is 6.01. The van der Waals surface area contributed by atoms with E-state index in [-0.39, 0.29) is 18.1 Å². The van der Waals surface area contributed by atoms with Crippen LogP contribution in [0.2, 0.25) is 0 Å². The summed E-state index contributed by atoms with van der Waals surface area (Å²) in [5.74, 6) is 4.93. The van der Waals surface area contributed by atoms with Crippen molar-refractivity contribution in [2.45, 2.75) is 26.7 Å². The number of ether oxygens (including phenoxy) is 3. The van der Waals surface area contributed by atoms with E-state index in [1.165, 1.54) is 4.68 Å². The molecule has 7 heteroatoms. The Kier molecular flexibility index (Phi) is 7.59. The van der Waals surface area contributed by atoms with Crippen molar-refractivity contribution in [3.05, 3.63) is 81.6 Å². The van der Waals surface area contributed by atoms with Crippen molar-refractivity contribution in [1.82, 2.24) is 9.66 Å². The molecule has 7 nitrogen and oxygen atoms in total. The molecular weight excluding hydrogens is 466 g/mol. The highest BCUT2D eigenvalue weighted by molar-refractivity contribution is 5.83. The molecule has 0 amide bonds. The minimum Gasteiger partial charge on any atom is -0.496 e. The predicted molar refractivity (Wildman–Crippen MR) is 147 cm³/mol. The van der Waals surface area contributed by atoms with Crippen LogP contribution in [-0.2, 0) is 0 Å². The molecule has 0 aliphatic rings. The molecule has 3 aromatic carbocycles. The summed E-state index contributed by atoms with van der Waals surface area (Å²) in [4.78, 5) is 18.5. The highest BCUT2D eigenvalue weighted by atomic mass is 16.5. The lowest BCUT2D eigenvalue weighted by molar-refractivity contribution is 0.331. The number of hydrogen-bond acceptors (Lipinski definition) is 6. The molecule has 1 aromatic heterocycles. The van der Waals surface area contributed by atoms with Crippen molar-refractivity contribution in [3.8, 4) is 41.0 Å². The van der Waals surface area contributed by atoms with E-state index in [9.17, 15) is 4.79 Å². The molecule has 0 N–H and O–H groups in total. The highest BCUT2D eigenvalue weighted by Crippen LogP contribution is 2.34. The van der Waals surface area contributed by atoms with Gasteiger partial charge in [0.2, 0.25) is 0 Å². The van der Waals surface area contributed by atoms with Gasteiger partial charge in [0.15, 0.2) is 17.3 Å². The van der Waals surface area contributed by atoms with Crippen LogP contribution in [-0.4, -0.2) is 36.7 Å². The topological polar surface area (TPSA) is 74.9 Å². The maximum absolute atomic E-state index is 13.6. The second-order valence-electron chi connectivity index (χ2n) is 8.78. The lowest BCUT2D eigenvalue weighted by atomic mass is 9.96. The first kappa shape index (κ1) is 25.5. The van der Waals surface area contributed by atoms with Gasteiger partial charge in [-0.1, -0.05) is 31.9 Å². The molecule has 37 heavy (non-hydrogen) atoms. The fraction of sp³-hybridized carbons (Fsp3) is 0.233. The number of aromatic nitrogens is 2. The smallest absolute Gasteiger partial charge is 0.282 e. The summed E-state index contributed by atoms with van der Waals surface area (Å²) in [6, 6.07) is 16.6. The van der Waals surface area contributed by atoms with E-state index in [0.717, 1.165) is 22.4 Å². The van der Waals surface area contributed by atoms with Gasteiger partial charge in [-0.15, -0.1) is 6.42 Å². The fourth-order valence-electron chi connectivity index (χ4n) is 4.10. The summed E-state index contributed by atoms with van der Waals surface area (Å²) in [5, 5.41) is 5.07. The van der Waals surface area contributed by atoms with E-state index in [1.54, 1.807) is 38.6 Å². The lowest BCUT2D eigenvalue weighted by Gasteiger charge is -2.17. The quantitative estimate of drug-likeness (QED) is 0.241. The molecule has 0 saturated carbocycles. The Balaban J connectivity index is 1.90. The molecule has 0 atom stereocenters. The van der Waals surface area contributed by atoms with Crippen LogP contribution in [0, 0.1) is 19.3 Å². The van der Waals surface area contributed by atoms with Gasteiger partial charge in [-0.3, -0.25) is 4.79 Å². The van der Waals surface area contributed by atoms with Crippen molar-refractivity contribution < 1.29 is 14.2 Å². The molecular formula is C30H29N3O4. The minimum atomic E-state index is -0.265. The summed E-state index contributed by atoms with van der Waals surface area (Å²) < 4.78 is 17.9. The molecule has 0 saturated heterocycles. The first-order valence-corrected chi connectivity index (χ1v) is 11.9.